The predicted octanol–water partition coefficient (Wildman–Crippen LogP) is 3.00. The molecule has 3 rings (SSSR count). The van der Waals surface area contributed by atoms with Crippen LogP contribution < -0.4 is 15.4 Å². The number of carbonyl (C=O) groups excluding carboxylic acids is 1. The van der Waals surface area contributed by atoms with E-state index in [1.165, 1.54) is 18.3 Å². The van der Waals surface area contributed by atoms with Gasteiger partial charge in [-0.15, -0.1) is 0 Å². The predicted molar refractivity (Wildman–Crippen MR) is 121 cm³/mol. The van der Waals surface area contributed by atoms with Crippen LogP contribution in [-0.2, 0) is 16.4 Å². The lowest BCUT2D eigenvalue weighted by Gasteiger charge is -2.34. The van der Waals surface area contributed by atoms with Crippen LogP contribution in [0.3, 0.4) is 0 Å². The third kappa shape index (κ3) is 4.98. The topological polar surface area (TPSA) is 118 Å². The molecule has 1 atom stereocenters. The average Bonchev–Trinajstić information content (AvgIpc) is 2.93. The average molecular weight is 446 g/mol. The summed E-state index contributed by atoms with van der Waals surface area (Å²) in [5.41, 5.74) is 6.60. The molecule has 0 spiro atoms. The number of hydrogen-bond donors (Lipinski definition) is 2. The van der Waals surface area contributed by atoms with Crippen molar-refractivity contribution in [2.75, 3.05) is 17.2 Å². The molecule has 3 heterocycles. The van der Waals surface area contributed by atoms with E-state index in [1.54, 1.807) is 12.1 Å². The minimum Gasteiger partial charge on any atom is -0.383 e. The number of nitrogen functional groups attached to an aromatic ring is 1. The number of rotatable bonds is 6. The van der Waals surface area contributed by atoms with Gasteiger partial charge in [0.05, 0.1) is 5.56 Å². The molecular formula is C22H31N5O3S. The zero-order valence-corrected chi connectivity index (χ0v) is 19.5. The lowest BCUT2D eigenvalue weighted by Crippen LogP contribution is -2.41. The van der Waals surface area contributed by atoms with Crippen LogP contribution in [0.5, 0.6) is 0 Å². The molecule has 0 bridgehead atoms. The number of hydrogen-bond acceptors (Lipinski definition) is 7. The molecule has 1 saturated heterocycles. The normalized spacial score (nSPS) is 18.4. The smallest absolute Gasteiger partial charge is 0.268 e. The highest BCUT2D eigenvalue weighted by molar-refractivity contribution is 7.90. The zero-order valence-electron chi connectivity index (χ0n) is 18.7. The van der Waals surface area contributed by atoms with Gasteiger partial charge in [-0.2, -0.15) is 0 Å². The lowest BCUT2D eigenvalue weighted by atomic mass is 9.97. The third-order valence-corrected chi connectivity index (χ3v) is 6.82. The molecule has 3 N–H and O–H groups in total. The lowest BCUT2D eigenvalue weighted by molar-refractivity contribution is 0.0981. The Kier molecular flexibility index (Phi) is 6.27. The molecule has 9 heteroatoms. The van der Waals surface area contributed by atoms with Gasteiger partial charge < -0.3 is 10.6 Å². The largest absolute Gasteiger partial charge is 0.383 e. The van der Waals surface area contributed by atoms with E-state index >= 15 is 0 Å². The molecule has 31 heavy (non-hydrogen) atoms. The minimum atomic E-state index is -4.18. The number of anilines is 2. The summed E-state index contributed by atoms with van der Waals surface area (Å²) in [6.45, 7) is 11.3. The second-order valence-corrected chi connectivity index (χ2v) is 11.0. The number of nitrogens with one attached hydrogen (secondary N) is 1. The molecule has 0 radical (unpaired) electrons. The Morgan fingerprint density at radius 2 is 2.03 bits per heavy atom. The Morgan fingerprint density at radius 3 is 2.61 bits per heavy atom. The number of nitrogens with zero attached hydrogens (tertiary/aromatic N) is 3. The van der Waals surface area contributed by atoms with Crippen molar-refractivity contribution in [3.05, 3.63) is 41.7 Å². The van der Waals surface area contributed by atoms with Crippen molar-refractivity contribution in [3.63, 3.8) is 0 Å². The third-order valence-electron chi connectivity index (χ3n) is 5.44. The molecule has 0 aliphatic carbocycles. The van der Waals surface area contributed by atoms with Gasteiger partial charge in [-0.05, 0) is 62.8 Å². The first-order valence-electron chi connectivity index (χ1n) is 10.5. The Hall–Kier alpha value is -2.68. The van der Waals surface area contributed by atoms with E-state index in [4.69, 9.17) is 10.7 Å². The second kappa shape index (κ2) is 8.45. The van der Waals surface area contributed by atoms with E-state index in [1.807, 2.05) is 0 Å². The van der Waals surface area contributed by atoms with Gasteiger partial charge in [0.2, 0.25) is 0 Å². The molecule has 1 fully saturated rings. The summed E-state index contributed by atoms with van der Waals surface area (Å²) in [6.07, 6.45) is 3.11. The van der Waals surface area contributed by atoms with Crippen molar-refractivity contribution in [1.82, 2.24) is 14.7 Å². The van der Waals surface area contributed by atoms with E-state index in [9.17, 15) is 13.2 Å². The summed E-state index contributed by atoms with van der Waals surface area (Å²) in [4.78, 5) is 23.6. The van der Waals surface area contributed by atoms with E-state index < -0.39 is 15.9 Å². The molecule has 2 aromatic rings. The SMILES string of the molecule is CC(C)Cc1ccc(C(=O)NS(=O)(=O)c2cccnc2N)c(N2C[C@@H](C)CC2(C)C)n1. The molecule has 1 amide bonds. The molecule has 2 aromatic heterocycles. The number of aromatic nitrogens is 2. The monoisotopic (exact) mass is 445 g/mol. The van der Waals surface area contributed by atoms with Crippen LogP contribution >= 0.6 is 0 Å². The van der Waals surface area contributed by atoms with Crippen LogP contribution in [0.25, 0.3) is 0 Å². The first kappa shape index (κ1) is 23.0. The van der Waals surface area contributed by atoms with Crippen LogP contribution in [0.4, 0.5) is 11.6 Å². The summed E-state index contributed by atoms with van der Waals surface area (Å²) < 4.78 is 27.7. The fourth-order valence-electron chi connectivity index (χ4n) is 4.22. The van der Waals surface area contributed by atoms with Gasteiger partial charge in [-0.25, -0.2) is 23.1 Å². The summed E-state index contributed by atoms with van der Waals surface area (Å²) in [6, 6.07) is 6.22. The van der Waals surface area contributed by atoms with Crippen LogP contribution in [0.2, 0.25) is 0 Å². The number of amides is 1. The summed E-state index contributed by atoms with van der Waals surface area (Å²) in [5.74, 6) is 0.444. The van der Waals surface area contributed by atoms with E-state index in [-0.39, 0.29) is 21.8 Å². The van der Waals surface area contributed by atoms with Gasteiger partial charge in [0.25, 0.3) is 15.9 Å². The maximum Gasteiger partial charge on any atom is 0.268 e. The van der Waals surface area contributed by atoms with E-state index in [0.717, 1.165) is 25.1 Å². The molecule has 0 unspecified atom stereocenters. The fourth-order valence-corrected chi connectivity index (χ4v) is 5.27. The highest BCUT2D eigenvalue weighted by Gasteiger charge is 2.39. The Morgan fingerprint density at radius 1 is 1.32 bits per heavy atom. The van der Waals surface area contributed by atoms with Crippen LogP contribution in [0, 0.1) is 11.8 Å². The highest BCUT2D eigenvalue weighted by atomic mass is 32.2. The van der Waals surface area contributed by atoms with Crippen molar-refractivity contribution in [3.8, 4) is 0 Å². The zero-order chi connectivity index (χ0) is 23.0. The highest BCUT2D eigenvalue weighted by Crippen LogP contribution is 2.37. The summed E-state index contributed by atoms with van der Waals surface area (Å²) in [5, 5.41) is 0. The summed E-state index contributed by atoms with van der Waals surface area (Å²) >= 11 is 0. The summed E-state index contributed by atoms with van der Waals surface area (Å²) in [7, 11) is -4.18. The molecule has 1 aliphatic rings. The van der Waals surface area contributed by atoms with Gasteiger partial charge in [-0.3, -0.25) is 4.79 Å². The second-order valence-electron chi connectivity index (χ2n) is 9.33. The maximum atomic E-state index is 13.1. The Bertz CT molecular complexity index is 1080. The number of nitrogens with two attached hydrogens (primary N) is 1. The van der Waals surface area contributed by atoms with Gasteiger partial charge in [0.15, 0.2) is 0 Å². The molecule has 8 nitrogen and oxygen atoms in total. The maximum absolute atomic E-state index is 13.1. The van der Waals surface area contributed by atoms with Crippen molar-refractivity contribution in [2.45, 2.75) is 57.9 Å². The first-order chi connectivity index (χ1) is 14.4. The number of pyridine rings is 2. The Labute approximate surface area is 184 Å². The fraction of sp³-hybridized carbons (Fsp3) is 0.500. The molecule has 168 valence electrons. The Balaban J connectivity index is 2.02. The van der Waals surface area contributed by atoms with Gasteiger partial charge in [-0.1, -0.05) is 20.8 Å². The molecule has 0 saturated carbocycles. The number of sulfonamides is 1. The minimum absolute atomic E-state index is 0.164. The van der Waals surface area contributed by atoms with Gasteiger partial charge >= 0.3 is 0 Å². The van der Waals surface area contributed by atoms with Crippen LogP contribution in [-0.4, -0.2) is 36.4 Å². The standard InChI is InChI=1S/C22H31N5O3S/c1-14(2)11-16-8-9-17(20(25-16)27-13-15(3)12-22(27,4)5)21(28)26-31(29,30)18-7-6-10-24-19(18)23/h6-10,14-15H,11-13H2,1-5H3,(H2,23,24)(H,26,28)/t15-/m0/s1. The number of carbonyl (C=O) groups is 1. The molecular weight excluding hydrogens is 414 g/mol. The van der Waals surface area contributed by atoms with Crippen LogP contribution in [0.15, 0.2) is 35.4 Å². The van der Waals surface area contributed by atoms with E-state index in [0.29, 0.717) is 17.7 Å². The first-order valence-corrected chi connectivity index (χ1v) is 11.9. The molecule has 1 aliphatic heterocycles. The van der Waals surface area contributed by atoms with Crippen molar-refractivity contribution >= 4 is 27.6 Å². The van der Waals surface area contributed by atoms with Gasteiger partial charge in [0, 0.05) is 24.0 Å². The van der Waals surface area contributed by atoms with Crippen LogP contribution in [0.1, 0.15) is 57.1 Å². The van der Waals surface area contributed by atoms with Crippen molar-refractivity contribution < 1.29 is 13.2 Å². The van der Waals surface area contributed by atoms with E-state index in [2.05, 4.69) is 49.2 Å². The van der Waals surface area contributed by atoms with Crippen molar-refractivity contribution in [1.29, 1.82) is 0 Å². The van der Waals surface area contributed by atoms with Crippen molar-refractivity contribution in [2.24, 2.45) is 11.8 Å². The molecule has 0 aromatic carbocycles. The quantitative estimate of drug-likeness (QED) is 0.701. The van der Waals surface area contributed by atoms with Gasteiger partial charge in [0.1, 0.15) is 16.5 Å².